The Morgan fingerprint density at radius 3 is 2.19 bits per heavy atom. The second kappa shape index (κ2) is 9.86. The number of carbonyl (C=O) groups is 2. The van der Waals surface area contributed by atoms with Crippen LogP contribution >= 0.6 is 0 Å². The standard InChI is InChI=1S/C25H33N3O3/c1-16(2)14-28(15-17(3)4)23-11-10-18(20-13-21(20)24(29)30)12-22(23)27-25(31)26-19-8-6-5-7-9-19/h5-12,16-17,20-21H,13-15H2,1-4H3,(H,29,30)(H2,26,27,31)/t20-,21-/m0/s1. The topological polar surface area (TPSA) is 81.7 Å². The van der Waals surface area contributed by atoms with Crippen LogP contribution in [0.2, 0.25) is 0 Å². The highest BCUT2D eigenvalue weighted by Crippen LogP contribution is 2.49. The van der Waals surface area contributed by atoms with Crippen molar-refractivity contribution in [3.8, 4) is 0 Å². The zero-order valence-electron chi connectivity index (χ0n) is 18.8. The third-order valence-electron chi connectivity index (χ3n) is 5.35. The summed E-state index contributed by atoms with van der Waals surface area (Å²) < 4.78 is 0. The number of rotatable bonds is 9. The van der Waals surface area contributed by atoms with Gasteiger partial charge in [0.1, 0.15) is 0 Å². The number of nitrogens with one attached hydrogen (secondary N) is 2. The monoisotopic (exact) mass is 423 g/mol. The Morgan fingerprint density at radius 1 is 1.00 bits per heavy atom. The Hall–Kier alpha value is -3.02. The number of urea groups is 1. The van der Waals surface area contributed by atoms with E-state index in [4.69, 9.17) is 0 Å². The molecule has 2 aromatic rings. The molecule has 1 saturated carbocycles. The lowest BCUT2D eigenvalue weighted by Gasteiger charge is -2.30. The Bertz CT molecular complexity index is 901. The molecule has 6 heteroatoms. The molecule has 1 aliphatic carbocycles. The van der Waals surface area contributed by atoms with Crippen LogP contribution in [-0.2, 0) is 4.79 Å². The van der Waals surface area contributed by atoms with Gasteiger partial charge in [0.2, 0.25) is 0 Å². The fourth-order valence-corrected chi connectivity index (χ4v) is 3.96. The molecule has 3 rings (SSSR count). The molecule has 0 heterocycles. The van der Waals surface area contributed by atoms with Gasteiger partial charge in [-0.25, -0.2) is 4.79 Å². The van der Waals surface area contributed by atoms with Crippen molar-refractivity contribution in [2.45, 2.75) is 40.0 Å². The van der Waals surface area contributed by atoms with Crippen molar-refractivity contribution >= 4 is 29.1 Å². The quantitative estimate of drug-likeness (QED) is 0.488. The van der Waals surface area contributed by atoms with Gasteiger partial charge >= 0.3 is 12.0 Å². The summed E-state index contributed by atoms with van der Waals surface area (Å²) in [6.07, 6.45) is 0.645. The predicted octanol–water partition coefficient (Wildman–Crippen LogP) is 5.64. The first kappa shape index (κ1) is 22.7. The Labute approximate surface area is 184 Å². The van der Waals surface area contributed by atoms with Gasteiger partial charge in [0.15, 0.2) is 0 Å². The van der Waals surface area contributed by atoms with Crippen LogP contribution in [0.3, 0.4) is 0 Å². The van der Waals surface area contributed by atoms with Crippen LogP contribution in [-0.4, -0.2) is 30.2 Å². The largest absolute Gasteiger partial charge is 0.481 e. The molecular formula is C25H33N3O3. The normalized spacial score (nSPS) is 17.5. The number of carbonyl (C=O) groups excluding carboxylic acids is 1. The minimum Gasteiger partial charge on any atom is -0.481 e. The highest BCUT2D eigenvalue weighted by atomic mass is 16.4. The molecule has 0 saturated heterocycles. The number of amides is 2. The summed E-state index contributed by atoms with van der Waals surface area (Å²) in [6, 6.07) is 15.0. The molecule has 3 N–H and O–H groups in total. The second-order valence-corrected chi connectivity index (χ2v) is 9.20. The van der Waals surface area contributed by atoms with Crippen LogP contribution in [0.5, 0.6) is 0 Å². The van der Waals surface area contributed by atoms with Gasteiger partial charge < -0.3 is 20.6 Å². The van der Waals surface area contributed by atoms with E-state index in [0.717, 1.165) is 24.3 Å². The molecule has 2 aromatic carbocycles. The van der Waals surface area contributed by atoms with E-state index in [-0.39, 0.29) is 17.9 Å². The van der Waals surface area contributed by atoms with Gasteiger partial charge in [0, 0.05) is 18.8 Å². The van der Waals surface area contributed by atoms with Crippen molar-refractivity contribution in [2.24, 2.45) is 17.8 Å². The minimum atomic E-state index is -0.758. The average Bonchev–Trinajstić information content (AvgIpc) is 3.48. The molecule has 1 fully saturated rings. The highest BCUT2D eigenvalue weighted by Gasteiger charge is 2.44. The van der Waals surface area contributed by atoms with E-state index in [1.54, 1.807) is 0 Å². The van der Waals surface area contributed by atoms with E-state index in [1.807, 2.05) is 48.5 Å². The van der Waals surface area contributed by atoms with Gasteiger partial charge in [-0.3, -0.25) is 4.79 Å². The summed E-state index contributed by atoms with van der Waals surface area (Å²) in [5, 5.41) is 15.2. The van der Waals surface area contributed by atoms with E-state index >= 15 is 0 Å². The van der Waals surface area contributed by atoms with E-state index in [2.05, 4.69) is 43.2 Å². The first-order valence-corrected chi connectivity index (χ1v) is 11.0. The summed E-state index contributed by atoms with van der Waals surface area (Å²) in [6.45, 7) is 10.5. The SMILES string of the molecule is CC(C)CN(CC(C)C)c1ccc([C@@H]2C[C@@H]2C(=O)O)cc1NC(=O)Nc1ccccc1. The first-order chi connectivity index (χ1) is 14.7. The van der Waals surface area contributed by atoms with Crippen LogP contribution in [0.15, 0.2) is 48.5 Å². The van der Waals surface area contributed by atoms with Gasteiger partial charge in [-0.1, -0.05) is 52.0 Å². The maximum absolute atomic E-state index is 12.7. The first-order valence-electron chi connectivity index (χ1n) is 11.0. The third kappa shape index (κ3) is 6.23. The van der Waals surface area contributed by atoms with Crippen LogP contribution in [0.4, 0.5) is 21.9 Å². The molecular weight excluding hydrogens is 390 g/mol. The van der Waals surface area contributed by atoms with Gasteiger partial charge in [0.05, 0.1) is 17.3 Å². The molecule has 166 valence electrons. The molecule has 0 unspecified atom stereocenters. The summed E-state index contributed by atoms with van der Waals surface area (Å²) >= 11 is 0. The smallest absolute Gasteiger partial charge is 0.323 e. The maximum atomic E-state index is 12.7. The molecule has 0 bridgehead atoms. The lowest BCUT2D eigenvalue weighted by molar-refractivity contribution is -0.138. The van der Waals surface area contributed by atoms with Crippen molar-refractivity contribution in [1.82, 2.24) is 0 Å². The molecule has 6 nitrogen and oxygen atoms in total. The number of para-hydroxylation sites is 1. The summed E-state index contributed by atoms with van der Waals surface area (Å²) in [4.78, 5) is 26.4. The summed E-state index contributed by atoms with van der Waals surface area (Å²) in [7, 11) is 0. The molecule has 2 amide bonds. The van der Waals surface area contributed by atoms with Crippen LogP contribution in [0.25, 0.3) is 0 Å². The zero-order valence-corrected chi connectivity index (χ0v) is 18.8. The number of hydrogen-bond acceptors (Lipinski definition) is 3. The number of carboxylic acids is 1. The Kier molecular flexibility index (Phi) is 7.21. The molecule has 0 spiro atoms. The van der Waals surface area contributed by atoms with E-state index < -0.39 is 5.97 Å². The van der Waals surface area contributed by atoms with Gasteiger partial charge in [-0.2, -0.15) is 0 Å². The zero-order chi connectivity index (χ0) is 22.5. The van der Waals surface area contributed by atoms with Gasteiger partial charge in [0.25, 0.3) is 0 Å². The highest BCUT2D eigenvalue weighted by molar-refractivity contribution is 6.02. The number of carboxylic acid groups (broad SMARTS) is 1. The van der Waals surface area contributed by atoms with E-state index in [9.17, 15) is 14.7 Å². The van der Waals surface area contributed by atoms with Crippen LogP contribution in [0, 0.1) is 17.8 Å². The van der Waals surface area contributed by atoms with Crippen molar-refractivity contribution < 1.29 is 14.7 Å². The number of anilines is 3. The molecule has 31 heavy (non-hydrogen) atoms. The average molecular weight is 424 g/mol. The summed E-state index contributed by atoms with van der Waals surface area (Å²) in [5.41, 5.74) is 3.34. The molecule has 1 aliphatic rings. The van der Waals surface area contributed by atoms with Crippen molar-refractivity contribution in [3.63, 3.8) is 0 Å². The fraction of sp³-hybridized carbons (Fsp3) is 0.440. The van der Waals surface area contributed by atoms with Crippen molar-refractivity contribution in [3.05, 3.63) is 54.1 Å². The lowest BCUT2D eigenvalue weighted by Crippen LogP contribution is -2.32. The number of aliphatic carboxylic acids is 1. The van der Waals surface area contributed by atoms with Gasteiger partial charge in [-0.05, 0) is 54.0 Å². The molecule has 0 aromatic heterocycles. The summed E-state index contributed by atoms with van der Waals surface area (Å²) in [5.74, 6) is -0.160. The van der Waals surface area contributed by atoms with Crippen molar-refractivity contribution in [1.29, 1.82) is 0 Å². The fourth-order valence-electron chi connectivity index (χ4n) is 3.96. The molecule has 0 aliphatic heterocycles. The molecule has 0 radical (unpaired) electrons. The van der Waals surface area contributed by atoms with Crippen LogP contribution < -0.4 is 15.5 Å². The Balaban J connectivity index is 1.89. The maximum Gasteiger partial charge on any atom is 0.323 e. The lowest BCUT2D eigenvalue weighted by atomic mass is 10.0. The number of benzene rings is 2. The van der Waals surface area contributed by atoms with Crippen molar-refractivity contribution in [2.75, 3.05) is 28.6 Å². The second-order valence-electron chi connectivity index (χ2n) is 9.20. The molecule has 2 atom stereocenters. The van der Waals surface area contributed by atoms with E-state index in [1.165, 1.54) is 0 Å². The predicted molar refractivity (Wildman–Crippen MR) is 126 cm³/mol. The van der Waals surface area contributed by atoms with Gasteiger partial charge in [-0.15, -0.1) is 0 Å². The van der Waals surface area contributed by atoms with E-state index in [0.29, 0.717) is 29.6 Å². The number of hydrogen-bond donors (Lipinski definition) is 3. The van der Waals surface area contributed by atoms with Crippen LogP contribution in [0.1, 0.15) is 45.6 Å². The Morgan fingerprint density at radius 2 is 1.65 bits per heavy atom. The third-order valence-corrected chi connectivity index (χ3v) is 5.35. The number of nitrogens with zero attached hydrogens (tertiary/aromatic N) is 1. The minimum absolute atomic E-state index is 0.00734.